The summed E-state index contributed by atoms with van der Waals surface area (Å²) in [6, 6.07) is 8.35. The number of benzene rings is 1. The minimum Gasteiger partial charge on any atom is -0.497 e. The summed E-state index contributed by atoms with van der Waals surface area (Å²) in [5.74, 6) is 0.869. The number of carbonyl (C=O) groups is 1. The molecule has 0 aliphatic heterocycles. The second kappa shape index (κ2) is 12.1. The van der Waals surface area contributed by atoms with E-state index in [0.29, 0.717) is 13.0 Å². The molecule has 124 valence electrons. The number of unbranched alkanes of at least 4 members (excludes halogenated alkanes) is 6. The summed E-state index contributed by atoms with van der Waals surface area (Å²) in [6.45, 7) is 2.34. The van der Waals surface area contributed by atoms with Crippen LogP contribution in [0, 0.1) is 0 Å². The van der Waals surface area contributed by atoms with E-state index in [0.717, 1.165) is 25.0 Å². The Morgan fingerprint density at radius 3 is 2.09 bits per heavy atom. The highest BCUT2D eigenvalue weighted by Gasteiger charge is 2.00. The number of esters is 1. The van der Waals surface area contributed by atoms with Gasteiger partial charge in [0.1, 0.15) is 5.75 Å². The molecule has 0 saturated heterocycles. The Labute approximate surface area is 135 Å². The molecule has 22 heavy (non-hydrogen) atoms. The van der Waals surface area contributed by atoms with Gasteiger partial charge in [0.05, 0.1) is 13.7 Å². The first-order valence-corrected chi connectivity index (χ1v) is 8.54. The molecule has 0 fully saturated rings. The lowest BCUT2D eigenvalue weighted by atomic mass is 10.0. The highest BCUT2D eigenvalue weighted by atomic mass is 16.5. The Kier molecular flexibility index (Phi) is 10.2. The molecule has 0 aromatic heterocycles. The van der Waals surface area contributed by atoms with E-state index in [1.807, 2.05) is 19.1 Å². The number of hydrogen-bond donors (Lipinski definition) is 0. The molecule has 0 aliphatic rings. The van der Waals surface area contributed by atoms with Gasteiger partial charge >= 0.3 is 5.97 Å². The lowest BCUT2D eigenvalue weighted by Gasteiger charge is -2.04. The van der Waals surface area contributed by atoms with Crippen LogP contribution in [0.15, 0.2) is 24.3 Å². The van der Waals surface area contributed by atoms with E-state index in [9.17, 15) is 4.79 Å². The molecular formula is C19H30O3. The van der Waals surface area contributed by atoms with E-state index >= 15 is 0 Å². The van der Waals surface area contributed by atoms with Crippen molar-refractivity contribution in [3.63, 3.8) is 0 Å². The van der Waals surface area contributed by atoms with Crippen LogP contribution >= 0.6 is 0 Å². The van der Waals surface area contributed by atoms with E-state index < -0.39 is 0 Å². The Bertz CT molecular complexity index is 398. The molecule has 3 nitrogen and oxygen atoms in total. The van der Waals surface area contributed by atoms with Gasteiger partial charge in [-0.1, -0.05) is 44.2 Å². The van der Waals surface area contributed by atoms with Gasteiger partial charge in [-0.3, -0.25) is 4.79 Å². The van der Waals surface area contributed by atoms with Crippen molar-refractivity contribution in [3.8, 4) is 5.75 Å². The maximum atomic E-state index is 11.2. The zero-order valence-corrected chi connectivity index (χ0v) is 14.1. The van der Waals surface area contributed by atoms with Crippen LogP contribution in [0.4, 0.5) is 0 Å². The Morgan fingerprint density at radius 1 is 0.909 bits per heavy atom. The second-order valence-corrected chi connectivity index (χ2v) is 5.63. The van der Waals surface area contributed by atoms with Gasteiger partial charge in [-0.15, -0.1) is 0 Å². The first kappa shape index (κ1) is 18.5. The van der Waals surface area contributed by atoms with Crippen LogP contribution in [0.3, 0.4) is 0 Å². The Balaban J connectivity index is 1.92. The first-order chi connectivity index (χ1) is 10.8. The SMILES string of the molecule is CCOC(=O)CCCCCCCCCc1ccc(OC)cc1. The molecule has 0 radical (unpaired) electrons. The average Bonchev–Trinajstić information content (AvgIpc) is 2.54. The summed E-state index contributed by atoms with van der Waals surface area (Å²) in [7, 11) is 1.70. The fourth-order valence-corrected chi connectivity index (χ4v) is 2.51. The predicted octanol–water partition coefficient (Wildman–Crippen LogP) is 4.92. The highest BCUT2D eigenvalue weighted by molar-refractivity contribution is 5.69. The smallest absolute Gasteiger partial charge is 0.305 e. The molecular weight excluding hydrogens is 276 g/mol. The van der Waals surface area contributed by atoms with Crippen molar-refractivity contribution < 1.29 is 14.3 Å². The highest BCUT2D eigenvalue weighted by Crippen LogP contribution is 2.15. The molecule has 0 aliphatic carbocycles. The zero-order chi connectivity index (χ0) is 16.0. The van der Waals surface area contributed by atoms with Crippen LogP contribution in [0.1, 0.15) is 63.9 Å². The molecule has 0 heterocycles. The van der Waals surface area contributed by atoms with E-state index in [1.54, 1.807) is 7.11 Å². The van der Waals surface area contributed by atoms with Crippen molar-refractivity contribution in [2.24, 2.45) is 0 Å². The third-order valence-electron chi connectivity index (χ3n) is 3.81. The lowest BCUT2D eigenvalue weighted by Crippen LogP contribution is -2.03. The second-order valence-electron chi connectivity index (χ2n) is 5.63. The van der Waals surface area contributed by atoms with E-state index in [-0.39, 0.29) is 5.97 Å². The van der Waals surface area contributed by atoms with Crippen LogP contribution in [0.2, 0.25) is 0 Å². The fourth-order valence-electron chi connectivity index (χ4n) is 2.51. The molecule has 0 unspecified atom stereocenters. The van der Waals surface area contributed by atoms with Crippen molar-refractivity contribution in [1.29, 1.82) is 0 Å². The Morgan fingerprint density at radius 2 is 1.50 bits per heavy atom. The zero-order valence-electron chi connectivity index (χ0n) is 14.1. The van der Waals surface area contributed by atoms with Gasteiger partial charge in [0.2, 0.25) is 0 Å². The lowest BCUT2D eigenvalue weighted by molar-refractivity contribution is -0.143. The molecule has 1 rings (SSSR count). The number of carbonyl (C=O) groups excluding carboxylic acids is 1. The third kappa shape index (κ3) is 8.71. The van der Waals surface area contributed by atoms with E-state index in [1.165, 1.54) is 37.7 Å². The number of hydrogen-bond acceptors (Lipinski definition) is 3. The predicted molar refractivity (Wildman–Crippen MR) is 90.3 cm³/mol. The van der Waals surface area contributed by atoms with Crippen LogP contribution in [0.5, 0.6) is 5.75 Å². The quantitative estimate of drug-likeness (QED) is 0.406. The van der Waals surface area contributed by atoms with E-state index in [2.05, 4.69) is 12.1 Å². The van der Waals surface area contributed by atoms with Crippen molar-refractivity contribution >= 4 is 5.97 Å². The number of aryl methyl sites for hydroxylation is 1. The molecule has 0 atom stereocenters. The third-order valence-corrected chi connectivity index (χ3v) is 3.81. The molecule has 0 bridgehead atoms. The molecule has 0 amide bonds. The summed E-state index contributed by atoms with van der Waals surface area (Å²) in [4.78, 5) is 11.2. The fraction of sp³-hybridized carbons (Fsp3) is 0.632. The van der Waals surface area contributed by atoms with Crippen LogP contribution < -0.4 is 4.74 Å². The van der Waals surface area contributed by atoms with Crippen molar-refractivity contribution in [2.75, 3.05) is 13.7 Å². The molecule has 1 aromatic carbocycles. The standard InChI is InChI=1S/C19H30O3/c1-3-22-19(20)12-10-8-6-4-5-7-9-11-17-13-15-18(21-2)16-14-17/h13-16H,3-12H2,1-2H3. The molecule has 1 aromatic rings. The van der Waals surface area contributed by atoms with Crippen LogP contribution in [-0.2, 0) is 16.0 Å². The number of rotatable bonds is 12. The minimum atomic E-state index is -0.0537. The van der Waals surface area contributed by atoms with Crippen LogP contribution in [0.25, 0.3) is 0 Å². The van der Waals surface area contributed by atoms with Crippen molar-refractivity contribution in [1.82, 2.24) is 0 Å². The van der Waals surface area contributed by atoms with Gasteiger partial charge in [0.15, 0.2) is 0 Å². The largest absolute Gasteiger partial charge is 0.497 e. The number of ether oxygens (including phenoxy) is 2. The van der Waals surface area contributed by atoms with Crippen LogP contribution in [-0.4, -0.2) is 19.7 Å². The summed E-state index contributed by atoms with van der Waals surface area (Å²) < 4.78 is 10.1. The van der Waals surface area contributed by atoms with Gasteiger partial charge in [-0.25, -0.2) is 0 Å². The van der Waals surface area contributed by atoms with Gasteiger partial charge in [0.25, 0.3) is 0 Å². The summed E-state index contributed by atoms with van der Waals surface area (Å²) in [5.41, 5.74) is 1.38. The van der Waals surface area contributed by atoms with Gasteiger partial charge in [-0.2, -0.15) is 0 Å². The van der Waals surface area contributed by atoms with Gasteiger partial charge in [0, 0.05) is 6.42 Å². The average molecular weight is 306 g/mol. The first-order valence-electron chi connectivity index (χ1n) is 8.54. The van der Waals surface area contributed by atoms with Gasteiger partial charge in [-0.05, 0) is 43.9 Å². The maximum absolute atomic E-state index is 11.2. The molecule has 3 heteroatoms. The summed E-state index contributed by atoms with van der Waals surface area (Å²) in [6.07, 6.45) is 10.1. The molecule has 0 N–H and O–H groups in total. The topological polar surface area (TPSA) is 35.5 Å². The monoisotopic (exact) mass is 306 g/mol. The number of methoxy groups -OCH3 is 1. The van der Waals surface area contributed by atoms with Crippen molar-refractivity contribution in [2.45, 2.75) is 64.7 Å². The van der Waals surface area contributed by atoms with Gasteiger partial charge < -0.3 is 9.47 Å². The summed E-state index contributed by atoms with van der Waals surface area (Å²) >= 11 is 0. The Hall–Kier alpha value is -1.51. The summed E-state index contributed by atoms with van der Waals surface area (Å²) in [5, 5.41) is 0. The molecule has 0 spiro atoms. The molecule has 0 saturated carbocycles. The maximum Gasteiger partial charge on any atom is 0.305 e. The van der Waals surface area contributed by atoms with E-state index in [4.69, 9.17) is 9.47 Å². The normalized spacial score (nSPS) is 10.5. The minimum absolute atomic E-state index is 0.0537. The van der Waals surface area contributed by atoms with Crippen molar-refractivity contribution in [3.05, 3.63) is 29.8 Å².